The molecule has 0 unspecified atom stereocenters. The molecular formula is C29H36FN5O2S. The number of hydrogen-bond donors (Lipinski definition) is 1. The summed E-state index contributed by atoms with van der Waals surface area (Å²) in [4.78, 5) is 38.9. The Labute approximate surface area is 227 Å². The van der Waals surface area contributed by atoms with Crippen molar-refractivity contribution >= 4 is 17.7 Å². The highest BCUT2D eigenvalue weighted by atomic mass is 32.2. The van der Waals surface area contributed by atoms with Crippen LogP contribution in [0.2, 0.25) is 0 Å². The molecule has 0 atom stereocenters. The predicted molar refractivity (Wildman–Crippen MR) is 148 cm³/mol. The van der Waals surface area contributed by atoms with Gasteiger partial charge in [0.25, 0.3) is 5.56 Å². The second-order valence-electron chi connectivity index (χ2n) is 9.97. The first kappa shape index (κ1) is 28.0. The summed E-state index contributed by atoms with van der Waals surface area (Å²) in [6.45, 7) is 2.86. The van der Waals surface area contributed by atoms with E-state index in [1.54, 1.807) is 30.7 Å². The molecule has 1 amide bonds. The molecule has 4 rings (SSSR count). The fourth-order valence-corrected chi connectivity index (χ4v) is 5.52. The van der Waals surface area contributed by atoms with Crippen molar-refractivity contribution in [2.24, 2.45) is 0 Å². The van der Waals surface area contributed by atoms with E-state index in [9.17, 15) is 14.0 Å². The van der Waals surface area contributed by atoms with Crippen LogP contribution in [0.25, 0.3) is 0 Å². The summed E-state index contributed by atoms with van der Waals surface area (Å²) in [5.74, 6) is 0.193. The van der Waals surface area contributed by atoms with Crippen LogP contribution in [0.5, 0.6) is 0 Å². The Bertz CT molecular complexity index is 1250. The molecular weight excluding hydrogens is 501 g/mol. The molecule has 0 radical (unpaired) electrons. The summed E-state index contributed by atoms with van der Waals surface area (Å²) in [7, 11) is 0. The minimum absolute atomic E-state index is 0.0217. The third-order valence-corrected chi connectivity index (χ3v) is 7.95. The van der Waals surface area contributed by atoms with Gasteiger partial charge in [0.2, 0.25) is 5.91 Å². The van der Waals surface area contributed by atoms with E-state index < -0.39 is 5.54 Å². The number of halogens is 1. The Morgan fingerprint density at radius 2 is 1.71 bits per heavy atom. The quantitative estimate of drug-likeness (QED) is 0.158. The molecule has 1 saturated carbocycles. The molecule has 0 bridgehead atoms. The van der Waals surface area contributed by atoms with Gasteiger partial charge in [-0.3, -0.25) is 9.59 Å². The van der Waals surface area contributed by atoms with Crippen LogP contribution < -0.4 is 10.9 Å². The topological polar surface area (TPSA) is 89.8 Å². The minimum atomic E-state index is -0.741. The zero-order valence-corrected chi connectivity index (χ0v) is 22.8. The molecule has 9 heteroatoms. The van der Waals surface area contributed by atoms with Gasteiger partial charge in [-0.25, -0.2) is 14.4 Å². The zero-order valence-electron chi connectivity index (χ0n) is 22.0. The van der Waals surface area contributed by atoms with Crippen molar-refractivity contribution < 1.29 is 9.18 Å². The van der Waals surface area contributed by atoms with Gasteiger partial charge >= 0.3 is 0 Å². The maximum Gasteiger partial charge on any atom is 0.277 e. The number of unbranched alkanes of at least 4 members (excludes halogenated alkanes) is 6. The number of carbonyl (C=O) groups is 1. The molecule has 0 saturated heterocycles. The van der Waals surface area contributed by atoms with Crippen LogP contribution in [0.15, 0.2) is 59.1 Å². The van der Waals surface area contributed by atoms with Crippen LogP contribution >= 0.6 is 11.8 Å². The molecule has 7 nitrogen and oxygen atoms in total. The molecule has 1 aliphatic carbocycles. The largest absolute Gasteiger partial charge is 0.354 e. The predicted octanol–water partition coefficient (Wildman–Crippen LogP) is 5.41. The fourth-order valence-electron chi connectivity index (χ4n) is 4.52. The average Bonchev–Trinajstić information content (AvgIpc) is 3.74. The monoisotopic (exact) mass is 537 g/mol. The number of hydrogen-bond acceptors (Lipinski definition) is 6. The van der Waals surface area contributed by atoms with Gasteiger partial charge in [-0.15, -0.1) is 0 Å². The van der Waals surface area contributed by atoms with Crippen LogP contribution in [-0.4, -0.2) is 32.0 Å². The Morgan fingerprint density at radius 3 is 2.39 bits per heavy atom. The van der Waals surface area contributed by atoms with Crippen molar-refractivity contribution in [2.45, 2.75) is 87.6 Å². The van der Waals surface area contributed by atoms with Crippen LogP contribution in [-0.2, 0) is 22.5 Å². The van der Waals surface area contributed by atoms with E-state index in [0.717, 1.165) is 24.0 Å². The smallest absolute Gasteiger partial charge is 0.277 e. The third kappa shape index (κ3) is 7.49. The van der Waals surface area contributed by atoms with Crippen molar-refractivity contribution in [2.75, 3.05) is 6.54 Å². The van der Waals surface area contributed by atoms with Gasteiger partial charge in [-0.2, -0.15) is 4.98 Å². The maximum atomic E-state index is 13.4. The van der Waals surface area contributed by atoms with E-state index in [1.165, 1.54) is 62.3 Å². The number of aromatic nitrogens is 4. The first-order valence-corrected chi connectivity index (χ1v) is 14.5. The van der Waals surface area contributed by atoms with Gasteiger partial charge in [-0.1, -0.05) is 69.3 Å². The summed E-state index contributed by atoms with van der Waals surface area (Å²) >= 11 is 1.39. The van der Waals surface area contributed by atoms with Crippen LogP contribution in [0, 0.1) is 5.82 Å². The molecule has 2 aromatic heterocycles. The molecule has 1 fully saturated rings. The van der Waals surface area contributed by atoms with E-state index in [2.05, 4.69) is 27.2 Å². The molecule has 1 aromatic carbocycles. The van der Waals surface area contributed by atoms with E-state index in [-0.39, 0.29) is 17.3 Å². The first-order chi connectivity index (χ1) is 18.5. The average molecular weight is 538 g/mol. The van der Waals surface area contributed by atoms with Crippen molar-refractivity contribution in [3.8, 4) is 0 Å². The molecule has 3 aromatic rings. The highest BCUT2D eigenvalue weighted by Gasteiger charge is 2.52. The SMILES string of the molecule is CCCCCCCCCNC(=O)C1(n2cc(Cc3cncnc3)c(=O)nc2SCc2ccc(F)cc2)CC1. The lowest BCUT2D eigenvalue weighted by atomic mass is 10.1. The molecule has 202 valence electrons. The van der Waals surface area contributed by atoms with Gasteiger partial charge in [-0.05, 0) is 42.5 Å². The fraction of sp³-hybridized carbons (Fsp3) is 0.483. The van der Waals surface area contributed by atoms with Crippen molar-refractivity contribution in [3.63, 3.8) is 0 Å². The summed E-state index contributed by atoms with van der Waals surface area (Å²) in [5.41, 5.74) is 1.14. The Morgan fingerprint density at radius 1 is 1.03 bits per heavy atom. The highest BCUT2D eigenvalue weighted by Crippen LogP contribution is 2.46. The summed E-state index contributed by atoms with van der Waals surface area (Å²) in [6, 6.07) is 6.27. The van der Waals surface area contributed by atoms with E-state index in [1.807, 2.05) is 4.57 Å². The zero-order chi connectivity index (χ0) is 26.8. The maximum absolute atomic E-state index is 13.4. The van der Waals surface area contributed by atoms with Gasteiger partial charge in [0.15, 0.2) is 5.16 Å². The number of rotatable bonds is 15. The molecule has 38 heavy (non-hydrogen) atoms. The number of thioether (sulfide) groups is 1. The second kappa shape index (κ2) is 13.6. The van der Waals surface area contributed by atoms with Gasteiger partial charge < -0.3 is 9.88 Å². The second-order valence-corrected chi connectivity index (χ2v) is 10.9. The van der Waals surface area contributed by atoms with Crippen LogP contribution in [0.1, 0.15) is 81.4 Å². The summed E-state index contributed by atoms with van der Waals surface area (Å²) < 4.78 is 15.2. The molecule has 2 heterocycles. The standard InChI is InChI=1S/C29H36FN5O2S/c1-2-3-4-5-6-7-8-15-33-27(37)29(13-14-29)35-19-24(16-23-17-31-21-32-18-23)26(36)34-28(35)38-20-22-9-11-25(30)12-10-22/h9-12,17-19,21H,2-8,13-16,20H2,1H3,(H,33,37). The third-order valence-electron chi connectivity index (χ3n) is 6.93. The number of nitrogens with one attached hydrogen (secondary N) is 1. The first-order valence-electron chi connectivity index (χ1n) is 13.5. The van der Waals surface area contributed by atoms with Gasteiger partial charge in [0.1, 0.15) is 17.7 Å². The van der Waals surface area contributed by atoms with Gasteiger partial charge in [0, 0.05) is 42.9 Å². The molecule has 1 aliphatic rings. The van der Waals surface area contributed by atoms with Crippen LogP contribution in [0.3, 0.4) is 0 Å². The molecule has 1 N–H and O–H groups in total. The lowest BCUT2D eigenvalue weighted by Crippen LogP contribution is -2.41. The number of nitrogens with zero attached hydrogens (tertiary/aromatic N) is 4. The Balaban J connectivity index is 1.49. The van der Waals surface area contributed by atoms with Crippen molar-refractivity contribution in [3.05, 3.63) is 82.0 Å². The summed E-state index contributed by atoms with van der Waals surface area (Å²) in [5, 5.41) is 3.64. The van der Waals surface area contributed by atoms with Gasteiger partial charge in [0.05, 0.1) is 0 Å². The summed E-state index contributed by atoms with van der Waals surface area (Å²) in [6.07, 6.45) is 16.6. The Hall–Kier alpha value is -3.07. The molecule has 0 aliphatic heterocycles. The highest BCUT2D eigenvalue weighted by molar-refractivity contribution is 7.98. The van der Waals surface area contributed by atoms with E-state index >= 15 is 0 Å². The Kier molecular flexibility index (Phi) is 10.0. The van der Waals surface area contributed by atoms with E-state index in [0.29, 0.717) is 42.3 Å². The number of amides is 1. The van der Waals surface area contributed by atoms with Crippen LogP contribution in [0.4, 0.5) is 4.39 Å². The molecule has 0 spiro atoms. The minimum Gasteiger partial charge on any atom is -0.354 e. The number of carbonyl (C=O) groups excluding carboxylic acids is 1. The van der Waals surface area contributed by atoms with Crippen molar-refractivity contribution in [1.82, 2.24) is 24.8 Å². The lowest BCUT2D eigenvalue weighted by Gasteiger charge is -2.23. The van der Waals surface area contributed by atoms with Crippen molar-refractivity contribution in [1.29, 1.82) is 0 Å². The lowest BCUT2D eigenvalue weighted by molar-refractivity contribution is -0.125. The normalized spacial score (nSPS) is 13.8. The van der Waals surface area contributed by atoms with E-state index in [4.69, 9.17) is 0 Å². The number of benzene rings is 1.